The van der Waals surface area contributed by atoms with Gasteiger partial charge in [-0.3, -0.25) is 9.59 Å². The second-order valence-corrected chi connectivity index (χ2v) is 7.43. The predicted molar refractivity (Wildman–Crippen MR) is 106 cm³/mol. The number of rotatable bonds is 4. The molecule has 1 atom stereocenters. The molecule has 3 rings (SSSR count). The average molecular weight is 350 g/mol. The third-order valence-corrected chi connectivity index (χ3v) is 4.99. The van der Waals surface area contributed by atoms with Gasteiger partial charge in [0.1, 0.15) is 0 Å². The molecule has 4 nitrogen and oxygen atoms in total. The van der Waals surface area contributed by atoms with Crippen LogP contribution in [0, 0.1) is 19.8 Å². The highest BCUT2D eigenvalue weighted by molar-refractivity contribution is 6.04. The van der Waals surface area contributed by atoms with Gasteiger partial charge in [-0.2, -0.15) is 0 Å². The van der Waals surface area contributed by atoms with E-state index in [4.69, 9.17) is 0 Å². The van der Waals surface area contributed by atoms with Crippen molar-refractivity contribution in [2.45, 2.75) is 40.0 Å². The number of carbonyl (C=O) groups is 2. The maximum Gasteiger partial charge on any atom is 0.229 e. The fraction of sp³-hybridized carbons (Fsp3) is 0.364. The Morgan fingerprint density at radius 2 is 1.88 bits per heavy atom. The summed E-state index contributed by atoms with van der Waals surface area (Å²) in [5.41, 5.74) is 5.07. The molecule has 2 aromatic rings. The van der Waals surface area contributed by atoms with E-state index in [1.54, 1.807) is 4.90 Å². The van der Waals surface area contributed by atoms with Crippen LogP contribution >= 0.6 is 0 Å². The number of para-hydroxylation sites is 1. The molecular formula is C22H26N2O2. The summed E-state index contributed by atoms with van der Waals surface area (Å²) >= 11 is 0. The van der Waals surface area contributed by atoms with Crippen LogP contribution < -0.4 is 10.2 Å². The van der Waals surface area contributed by atoms with Crippen molar-refractivity contribution in [1.29, 1.82) is 0 Å². The van der Waals surface area contributed by atoms with E-state index < -0.39 is 0 Å². The largest absolute Gasteiger partial charge is 0.326 e. The van der Waals surface area contributed by atoms with Gasteiger partial charge in [0, 0.05) is 24.3 Å². The van der Waals surface area contributed by atoms with Gasteiger partial charge in [-0.05, 0) is 43.0 Å². The number of hydrogen-bond donors (Lipinski definition) is 1. The van der Waals surface area contributed by atoms with E-state index in [0.717, 1.165) is 28.1 Å². The first-order valence-electron chi connectivity index (χ1n) is 9.14. The third kappa shape index (κ3) is 3.64. The minimum Gasteiger partial charge on any atom is -0.326 e. The van der Waals surface area contributed by atoms with Crippen LogP contribution in [0.2, 0.25) is 0 Å². The van der Waals surface area contributed by atoms with Crippen LogP contribution in [0.1, 0.15) is 42.9 Å². The second-order valence-electron chi connectivity index (χ2n) is 7.43. The van der Waals surface area contributed by atoms with E-state index >= 15 is 0 Å². The van der Waals surface area contributed by atoms with Gasteiger partial charge >= 0.3 is 0 Å². The highest BCUT2D eigenvalue weighted by Crippen LogP contribution is 2.32. The van der Waals surface area contributed by atoms with Gasteiger partial charge in [0.25, 0.3) is 0 Å². The molecule has 1 aliphatic heterocycles. The molecule has 0 aromatic heterocycles. The number of benzene rings is 2. The monoisotopic (exact) mass is 350 g/mol. The summed E-state index contributed by atoms with van der Waals surface area (Å²) in [5, 5.41) is 2.99. The SMILES string of the molecule is Cc1ccc(NC(=O)C2CC(=O)N(c3ccccc3C(C)C)C2)c(C)c1. The Morgan fingerprint density at radius 3 is 2.58 bits per heavy atom. The van der Waals surface area contributed by atoms with E-state index in [9.17, 15) is 9.59 Å². The topological polar surface area (TPSA) is 49.4 Å². The molecule has 0 bridgehead atoms. The first-order valence-corrected chi connectivity index (χ1v) is 9.14. The number of amides is 2. The highest BCUT2D eigenvalue weighted by Gasteiger charge is 2.36. The third-order valence-electron chi connectivity index (χ3n) is 4.99. The molecule has 1 saturated heterocycles. The summed E-state index contributed by atoms with van der Waals surface area (Å²) in [4.78, 5) is 27.0. The summed E-state index contributed by atoms with van der Waals surface area (Å²) in [6, 6.07) is 13.9. The molecule has 26 heavy (non-hydrogen) atoms. The minimum absolute atomic E-state index is 0.0129. The number of nitrogens with one attached hydrogen (secondary N) is 1. The molecule has 1 aliphatic rings. The molecule has 0 saturated carbocycles. The summed E-state index contributed by atoms with van der Waals surface area (Å²) in [5.74, 6) is -0.0841. The fourth-order valence-corrected chi connectivity index (χ4v) is 3.53. The van der Waals surface area contributed by atoms with Crippen LogP contribution in [-0.4, -0.2) is 18.4 Å². The van der Waals surface area contributed by atoms with Crippen molar-refractivity contribution >= 4 is 23.2 Å². The van der Waals surface area contributed by atoms with E-state index in [-0.39, 0.29) is 24.2 Å². The average Bonchev–Trinajstić information content (AvgIpc) is 2.99. The number of nitrogens with zero attached hydrogens (tertiary/aromatic N) is 1. The van der Waals surface area contributed by atoms with Gasteiger partial charge in [0.05, 0.1) is 5.92 Å². The zero-order valence-electron chi connectivity index (χ0n) is 15.9. The molecule has 2 amide bonds. The second kappa shape index (κ2) is 7.32. The molecule has 4 heteroatoms. The van der Waals surface area contributed by atoms with Crippen molar-refractivity contribution < 1.29 is 9.59 Å². The number of anilines is 2. The number of carbonyl (C=O) groups excluding carboxylic acids is 2. The fourth-order valence-electron chi connectivity index (χ4n) is 3.53. The Labute approximate surface area is 155 Å². The Bertz CT molecular complexity index is 842. The summed E-state index contributed by atoms with van der Waals surface area (Å²) in [6.07, 6.45) is 0.253. The van der Waals surface area contributed by atoms with Crippen LogP contribution in [0.3, 0.4) is 0 Å². The lowest BCUT2D eigenvalue weighted by Gasteiger charge is -2.22. The van der Waals surface area contributed by atoms with Crippen molar-refractivity contribution in [2.75, 3.05) is 16.8 Å². The van der Waals surface area contributed by atoms with Crippen molar-refractivity contribution in [3.63, 3.8) is 0 Å². The van der Waals surface area contributed by atoms with E-state index in [1.165, 1.54) is 0 Å². The van der Waals surface area contributed by atoms with E-state index in [0.29, 0.717) is 12.5 Å². The lowest BCUT2D eigenvalue weighted by atomic mass is 10.0. The molecule has 0 aliphatic carbocycles. The van der Waals surface area contributed by atoms with Crippen molar-refractivity contribution in [3.8, 4) is 0 Å². The van der Waals surface area contributed by atoms with Gasteiger partial charge in [-0.1, -0.05) is 49.7 Å². The van der Waals surface area contributed by atoms with Gasteiger partial charge < -0.3 is 10.2 Å². The van der Waals surface area contributed by atoms with Crippen molar-refractivity contribution in [3.05, 3.63) is 59.2 Å². The summed E-state index contributed by atoms with van der Waals surface area (Å²) in [6.45, 7) is 8.67. The van der Waals surface area contributed by atoms with Crippen molar-refractivity contribution in [2.24, 2.45) is 5.92 Å². The number of aryl methyl sites for hydroxylation is 2. The maximum atomic E-state index is 12.7. The smallest absolute Gasteiger partial charge is 0.229 e. The van der Waals surface area contributed by atoms with Gasteiger partial charge in [-0.15, -0.1) is 0 Å². The van der Waals surface area contributed by atoms with E-state index in [2.05, 4.69) is 25.2 Å². The molecular weight excluding hydrogens is 324 g/mol. The van der Waals surface area contributed by atoms with Crippen LogP contribution in [-0.2, 0) is 9.59 Å². The van der Waals surface area contributed by atoms with Crippen LogP contribution in [0.25, 0.3) is 0 Å². The van der Waals surface area contributed by atoms with Crippen LogP contribution in [0.15, 0.2) is 42.5 Å². The van der Waals surface area contributed by atoms with Gasteiger partial charge in [0.15, 0.2) is 0 Å². The molecule has 1 N–H and O–H groups in total. The molecule has 0 radical (unpaired) electrons. The lowest BCUT2D eigenvalue weighted by molar-refractivity contribution is -0.122. The Kier molecular flexibility index (Phi) is 5.12. The number of hydrogen-bond acceptors (Lipinski definition) is 2. The molecule has 136 valence electrons. The van der Waals surface area contributed by atoms with E-state index in [1.807, 2.05) is 50.2 Å². The Balaban J connectivity index is 1.76. The standard InChI is InChI=1S/C22H26N2O2/c1-14(2)18-7-5-6-8-20(18)24-13-17(12-21(24)25)22(26)23-19-10-9-15(3)11-16(19)4/h5-11,14,17H,12-13H2,1-4H3,(H,23,26). The zero-order valence-corrected chi connectivity index (χ0v) is 15.9. The summed E-state index contributed by atoms with van der Waals surface area (Å²) in [7, 11) is 0. The van der Waals surface area contributed by atoms with Crippen molar-refractivity contribution in [1.82, 2.24) is 0 Å². The quantitative estimate of drug-likeness (QED) is 0.887. The Hall–Kier alpha value is -2.62. The molecule has 1 heterocycles. The first-order chi connectivity index (χ1) is 12.4. The molecule has 1 fully saturated rings. The van der Waals surface area contributed by atoms with Crippen LogP contribution in [0.5, 0.6) is 0 Å². The maximum absolute atomic E-state index is 12.7. The van der Waals surface area contributed by atoms with Gasteiger partial charge in [0.2, 0.25) is 11.8 Å². The Morgan fingerprint density at radius 1 is 1.15 bits per heavy atom. The normalized spacial score (nSPS) is 17.0. The lowest BCUT2D eigenvalue weighted by Crippen LogP contribution is -2.29. The molecule has 2 aromatic carbocycles. The first kappa shape index (κ1) is 18.2. The summed E-state index contributed by atoms with van der Waals surface area (Å²) < 4.78 is 0. The minimum atomic E-state index is -0.330. The van der Waals surface area contributed by atoms with Gasteiger partial charge in [-0.25, -0.2) is 0 Å². The molecule has 0 spiro atoms. The van der Waals surface area contributed by atoms with Crippen LogP contribution in [0.4, 0.5) is 11.4 Å². The highest BCUT2D eigenvalue weighted by atomic mass is 16.2. The molecule has 1 unspecified atom stereocenters. The predicted octanol–water partition coefficient (Wildman–Crippen LogP) is 4.42. The zero-order chi connectivity index (χ0) is 18.8.